The standard InChI is InChI=1S/C21H23NO4/c1-5-24-21(23)17-13(4)26-20-15-9-7-6-8-14(15)19-16(18(17)20)10-22(11-25-19)12(2)3/h6-9,12H,5,10-11H2,1-4H3. The molecule has 0 bridgehead atoms. The molecule has 2 heterocycles. The topological polar surface area (TPSA) is 51.9 Å². The third kappa shape index (κ3) is 2.46. The second-order valence-corrected chi connectivity index (χ2v) is 6.93. The van der Waals surface area contributed by atoms with Crippen molar-refractivity contribution in [3.63, 3.8) is 0 Å². The maximum Gasteiger partial charge on any atom is 0.342 e. The van der Waals surface area contributed by atoms with Crippen molar-refractivity contribution in [3.8, 4) is 5.75 Å². The first kappa shape index (κ1) is 16.9. The molecule has 0 radical (unpaired) electrons. The number of rotatable bonds is 3. The average molecular weight is 353 g/mol. The van der Waals surface area contributed by atoms with Gasteiger partial charge in [0, 0.05) is 34.3 Å². The molecular weight excluding hydrogens is 330 g/mol. The van der Waals surface area contributed by atoms with Crippen molar-refractivity contribution in [2.45, 2.75) is 40.3 Å². The number of carbonyl (C=O) groups excluding carboxylic acids is 1. The predicted molar refractivity (Wildman–Crippen MR) is 101 cm³/mol. The fraction of sp³-hybridized carbons (Fsp3) is 0.381. The van der Waals surface area contributed by atoms with Crippen LogP contribution in [0.4, 0.5) is 0 Å². The van der Waals surface area contributed by atoms with Crippen LogP contribution in [-0.4, -0.2) is 30.2 Å². The van der Waals surface area contributed by atoms with E-state index in [1.54, 1.807) is 0 Å². The number of esters is 1. The van der Waals surface area contributed by atoms with Crippen LogP contribution in [0.1, 0.15) is 42.5 Å². The summed E-state index contributed by atoms with van der Waals surface area (Å²) in [4.78, 5) is 14.9. The van der Waals surface area contributed by atoms with Gasteiger partial charge in [0.2, 0.25) is 0 Å². The maximum absolute atomic E-state index is 12.6. The third-order valence-electron chi connectivity index (χ3n) is 5.02. The molecule has 2 aromatic carbocycles. The number of furan rings is 1. The highest BCUT2D eigenvalue weighted by atomic mass is 16.5. The molecule has 5 heteroatoms. The Labute approximate surface area is 152 Å². The molecule has 0 saturated heterocycles. The summed E-state index contributed by atoms with van der Waals surface area (Å²) in [7, 11) is 0. The Hall–Kier alpha value is -2.53. The van der Waals surface area contributed by atoms with Gasteiger partial charge < -0.3 is 13.9 Å². The normalized spacial score (nSPS) is 14.7. The van der Waals surface area contributed by atoms with Crippen molar-refractivity contribution in [2.75, 3.05) is 13.3 Å². The Bertz CT molecular complexity index is 1000. The lowest BCUT2D eigenvalue weighted by atomic mass is 9.96. The van der Waals surface area contributed by atoms with E-state index in [2.05, 4.69) is 18.7 Å². The zero-order valence-corrected chi connectivity index (χ0v) is 15.6. The molecule has 0 N–H and O–H groups in total. The van der Waals surface area contributed by atoms with Crippen LogP contribution in [0.15, 0.2) is 28.7 Å². The lowest BCUT2D eigenvalue weighted by Gasteiger charge is -2.33. The van der Waals surface area contributed by atoms with Crippen LogP contribution >= 0.6 is 0 Å². The second kappa shape index (κ2) is 6.32. The largest absolute Gasteiger partial charge is 0.477 e. The molecule has 136 valence electrons. The van der Waals surface area contributed by atoms with Gasteiger partial charge >= 0.3 is 5.97 Å². The quantitative estimate of drug-likeness (QED) is 0.643. The van der Waals surface area contributed by atoms with Crippen LogP contribution in [-0.2, 0) is 11.3 Å². The minimum atomic E-state index is -0.345. The monoisotopic (exact) mass is 353 g/mol. The van der Waals surface area contributed by atoms with Gasteiger partial charge in [0.1, 0.15) is 29.4 Å². The summed E-state index contributed by atoms with van der Waals surface area (Å²) in [5.74, 6) is 1.08. The molecule has 0 saturated carbocycles. The molecule has 0 spiro atoms. The van der Waals surface area contributed by atoms with Gasteiger partial charge in [-0.3, -0.25) is 4.90 Å². The first-order chi connectivity index (χ1) is 12.5. The SMILES string of the molecule is CCOC(=O)c1c(C)oc2c1c1c(c3ccccc32)OCN(C(C)C)C1. The molecule has 4 rings (SSSR count). The number of benzene rings is 2. The van der Waals surface area contributed by atoms with E-state index in [1.165, 1.54) is 0 Å². The third-order valence-corrected chi connectivity index (χ3v) is 5.02. The van der Waals surface area contributed by atoms with E-state index in [1.807, 2.05) is 38.1 Å². The van der Waals surface area contributed by atoms with Gasteiger partial charge in [-0.1, -0.05) is 24.3 Å². The number of fused-ring (bicyclic) bond motifs is 6. The van der Waals surface area contributed by atoms with Gasteiger partial charge in [-0.25, -0.2) is 4.79 Å². The van der Waals surface area contributed by atoms with Gasteiger partial charge in [-0.15, -0.1) is 0 Å². The van der Waals surface area contributed by atoms with Crippen molar-refractivity contribution in [2.24, 2.45) is 0 Å². The van der Waals surface area contributed by atoms with Crippen molar-refractivity contribution in [3.05, 3.63) is 41.2 Å². The van der Waals surface area contributed by atoms with Crippen LogP contribution in [0.3, 0.4) is 0 Å². The first-order valence-electron chi connectivity index (χ1n) is 9.03. The molecule has 0 atom stereocenters. The Morgan fingerprint density at radius 3 is 2.69 bits per heavy atom. The molecule has 0 aliphatic carbocycles. The predicted octanol–water partition coefficient (Wildman–Crippen LogP) is 4.63. The zero-order valence-electron chi connectivity index (χ0n) is 15.6. The Morgan fingerprint density at radius 1 is 1.27 bits per heavy atom. The number of nitrogens with zero attached hydrogens (tertiary/aromatic N) is 1. The molecule has 0 unspecified atom stereocenters. The summed E-state index contributed by atoms with van der Waals surface area (Å²) in [6, 6.07) is 8.35. The van der Waals surface area contributed by atoms with Gasteiger partial charge in [-0.05, 0) is 27.7 Å². The van der Waals surface area contributed by atoms with E-state index in [0.29, 0.717) is 37.2 Å². The van der Waals surface area contributed by atoms with E-state index in [4.69, 9.17) is 13.9 Å². The number of aryl methyl sites for hydroxylation is 1. The summed E-state index contributed by atoms with van der Waals surface area (Å²) < 4.78 is 17.5. The van der Waals surface area contributed by atoms with Crippen LogP contribution in [0, 0.1) is 6.92 Å². The van der Waals surface area contributed by atoms with Crippen molar-refractivity contribution in [1.29, 1.82) is 0 Å². The maximum atomic E-state index is 12.6. The fourth-order valence-corrected chi connectivity index (χ4v) is 3.67. The van der Waals surface area contributed by atoms with Crippen LogP contribution < -0.4 is 4.74 Å². The van der Waals surface area contributed by atoms with Gasteiger partial charge in [0.15, 0.2) is 0 Å². The molecular formula is C21H23NO4. The summed E-state index contributed by atoms with van der Waals surface area (Å²) in [6.45, 7) is 9.47. The fourth-order valence-electron chi connectivity index (χ4n) is 3.67. The second-order valence-electron chi connectivity index (χ2n) is 6.93. The van der Waals surface area contributed by atoms with Crippen LogP contribution in [0.25, 0.3) is 21.7 Å². The van der Waals surface area contributed by atoms with Crippen molar-refractivity contribution in [1.82, 2.24) is 4.90 Å². The highest BCUT2D eigenvalue weighted by Crippen LogP contribution is 2.44. The van der Waals surface area contributed by atoms with E-state index in [-0.39, 0.29) is 5.97 Å². The molecule has 1 aliphatic heterocycles. The minimum absolute atomic E-state index is 0.329. The Kier molecular flexibility index (Phi) is 4.11. The van der Waals surface area contributed by atoms with Gasteiger partial charge in [0.25, 0.3) is 0 Å². The van der Waals surface area contributed by atoms with E-state index in [0.717, 1.165) is 33.1 Å². The molecule has 0 amide bonds. The molecule has 5 nitrogen and oxygen atoms in total. The Morgan fingerprint density at radius 2 is 2.00 bits per heavy atom. The number of hydrogen-bond acceptors (Lipinski definition) is 5. The highest BCUT2D eigenvalue weighted by Gasteiger charge is 2.30. The summed E-state index contributed by atoms with van der Waals surface area (Å²) in [5.41, 5.74) is 2.24. The number of ether oxygens (including phenoxy) is 2. The summed E-state index contributed by atoms with van der Waals surface area (Å²) >= 11 is 0. The molecule has 0 fully saturated rings. The lowest BCUT2D eigenvalue weighted by Crippen LogP contribution is -2.37. The van der Waals surface area contributed by atoms with E-state index < -0.39 is 0 Å². The van der Waals surface area contributed by atoms with Gasteiger partial charge in [-0.2, -0.15) is 0 Å². The van der Waals surface area contributed by atoms with E-state index in [9.17, 15) is 4.79 Å². The molecule has 3 aromatic rings. The van der Waals surface area contributed by atoms with Crippen LogP contribution in [0.2, 0.25) is 0 Å². The van der Waals surface area contributed by atoms with Crippen molar-refractivity contribution >= 4 is 27.7 Å². The van der Waals surface area contributed by atoms with Gasteiger partial charge in [0.05, 0.1) is 6.61 Å². The summed E-state index contributed by atoms with van der Waals surface area (Å²) in [5, 5.41) is 2.79. The van der Waals surface area contributed by atoms with Crippen molar-refractivity contribution < 1.29 is 18.7 Å². The number of carbonyl (C=O) groups is 1. The zero-order chi connectivity index (χ0) is 18.4. The minimum Gasteiger partial charge on any atom is -0.477 e. The molecule has 1 aromatic heterocycles. The van der Waals surface area contributed by atoms with E-state index >= 15 is 0 Å². The number of hydrogen-bond donors (Lipinski definition) is 0. The smallest absolute Gasteiger partial charge is 0.342 e. The molecule has 1 aliphatic rings. The lowest BCUT2D eigenvalue weighted by molar-refractivity contribution is 0.0525. The first-order valence-corrected chi connectivity index (χ1v) is 9.03. The average Bonchev–Trinajstić information content (AvgIpc) is 2.99. The highest BCUT2D eigenvalue weighted by molar-refractivity contribution is 6.16. The van der Waals surface area contributed by atoms with Crippen LogP contribution in [0.5, 0.6) is 5.75 Å². The molecule has 26 heavy (non-hydrogen) atoms. The Balaban J connectivity index is 2.08. The summed E-state index contributed by atoms with van der Waals surface area (Å²) in [6.07, 6.45) is 0.